The van der Waals surface area contributed by atoms with Crippen molar-refractivity contribution in [1.82, 2.24) is 0 Å². The summed E-state index contributed by atoms with van der Waals surface area (Å²) in [5.41, 5.74) is 7.45. The minimum atomic E-state index is 0.0491. The molecule has 1 aromatic heterocycles. The Labute approximate surface area is 116 Å². The molecule has 16 heavy (non-hydrogen) atoms. The second-order valence-corrected chi connectivity index (χ2v) is 6.19. The predicted molar refractivity (Wildman–Crippen MR) is 76.8 cm³/mol. The lowest BCUT2D eigenvalue weighted by Gasteiger charge is -2.11. The number of hydrogen-bond donors (Lipinski definition) is 1. The lowest BCUT2D eigenvalue weighted by molar-refractivity contribution is 0.731. The summed E-state index contributed by atoms with van der Waals surface area (Å²) in [4.78, 5) is 1.20. The van der Waals surface area contributed by atoms with E-state index in [9.17, 15) is 0 Å². The molecular formula is C12H11Br2NS. The van der Waals surface area contributed by atoms with Crippen LogP contribution in [0.3, 0.4) is 0 Å². The fourth-order valence-corrected chi connectivity index (χ4v) is 3.68. The third-order valence-corrected chi connectivity index (χ3v) is 5.16. The van der Waals surface area contributed by atoms with Gasteiger partial charge in [-0.1, -0.05) is 34.1 Å². The summed E-state index contributed by atoms with van der Waals surface area (Å²) in [5, 5.41) is 2.05. The first-order valence-corrected chi connectivity index (χ1v) is 7.37. The molecule has 0 aliphatic carbocycles. The minimum absolute atomic E-state index is 0.0491. The molecule has 0 aliphatic heterocycles. The van der Waals surface area contributed by atoms with Crippen LogP contribution in [0.4, 0.5) is 0 Å². The zero-order valence-electron chi connectivity index (χ0n) is 8.49. The summed E-state index contributed by atoms with van der Waals surface area (Å²) in [6, 6.07) is 10.3. The maximum Gasteiger partial charge on any atom is 0.0442 e. The van der Waals surface area contributed by atoms with E-state index in [0.717, 1.165) is 15.4 Å². The van der Waals surface area contributed by atoms with Gasteiger partial charge in [0.1, 0.15) is 0 Å². The van der Waals surface area contributed by atoms with E-state index in [2.05, 4.69) is 43.3 Å². The van der Waals surface area contributed by atoms with Gasteiger partial charge in [0.25, 0.3) is 0 Å². The van der Waals surface area contributed by atoms with Crippen LogP contribution in [-0.4, -0.2) is 0 Å². The van der Waals surface area contributed by atoms with Crippen molar-refractivity contribution in [2.45, 2.75) is 12.5 Å². The minimum Gasteiger partial charge on any atom is -0.323 e. The third-order valence-electron chi connectivity index (χ3n) is 2.38. The molecule has 1 nitrogen and oxygen atoms in total. The van der Waals surface area contributed by atoms with E-state index in [0.29, 0.717) is 0 Å². The van der Waals surface area contributed by atoms with Crippen molar-refractivity contribution in [1.29, 1.82) is 0 Å². The van der Waals surface area contributed by atoms with Crippen molar-refractivity contribution in [2.24, 2.45) is 5.73 Å². The van der Waals surface area contributed by atoms with Crippen LogP contribution in [0.5, 0.6) is 0 Å². The number of halogens is 2. The Morgan fingerprint density at radius 3 is 2.50 bits per heavy atom. The van der Waals surface area contributed by atoms with E-state index in [1.165, 1.54) is 10.4 Å². The van der Waals surface area contributed by atoms with E-state index in [1.54, 1.807) is 11.3 Å². The van der Waals surface area contributed by atoms with Crippen molar-refractivity contribution in [3.8, 4) is 0 Å². The zero-order chi connectivity index (χ0) is 11.5. The van der Waals surface area contributed by atoms with Gasteiger partial charge in [-0.05, 0) is 45.4 Å². The van der Waals surface area contributed by atoms with E-state index in [1.807, 2.05) is 24.3 Å². The summed E-state index contributed by atoms with van der Waals surface area (Å²) in [7, 11) is 0. The van der Waals surface area contributed by atoms with Crippen molar-refractivity contribution in [2.75, 3.05) is 0 Å². The predicted octanol–water partition coefficient (Wildman–Crippen LogP) is 4.52. The van der Waals surface area contributed by atoms with E-state index < -0.39 is 0 Å². The van der Waals surface area contributed by atoms with Crippen molar-refractivity contribution < 1.29 is 0 Å². The summed E-state index contributed by atoms with van der Waals surface area (Å²) in [6.45, 7) is 0. The molecular weight excluding hydrogens is 350 g/mol. The number of rotatable bonds is 3. The van der Waals surface area contributed by atoms with Crippen molar-refractivity contribution in [3.63, 3.8) is 0 Å². The van der Waals surface area contributed by atoms with Crippen LogP contribution in [-0.2, 0) is 6.42 Å². The van der Waals surface area contributed by atoms with Crippen molar-refractivity contribution in [3.05, 3.63) is 55.1 Å². The van der Waals surface area contributed by atoms with Crippen LogP contribution >= 0.6 is 43.2 Å². The van der Waals surface area contributed by atoms with Gasteiger partial charge >= 0.3 is 0 Å². The number of thiophene rings is 1. The molecule has 2 N–H and O–H groups in total. The van der Waals surface area contributed by atoms with Gasteiger partial charge < -0.3 is 5.73 Å². The maximum atomic E-state index is 6.20. The second-order valence-electron chi connectivity index (χ2n) is 3.53. The van der Waals surface area contributed by atoms with Crippen molar-refractivity contribution >= 4 is 43.2 Å². The first kappa shape index (κ1) is 12.3. The van der Waals surface area contributed by atoms with Crippen LogP contribution < -0.4 is 5.73 Å². The topological polar surface area (TPSA) is 26.0 Å². The second kappa shape index (κ2) is 5.45. The normalized spacial score (nSPS) is 12.7. The molecule has 0 saturated carbocycles. The fraction of sp³-hybridized carbons (Fsp3) is 0.167. The van der Waals surface area contributed by atoms with Crippen LogP contribution in [0.15, 0.2) is 44.7 Å². The zero-order valence-corrected chi connectivity index (χ0v) is 12.5. The Morgan fingerprint density at radius 1 is 1.12 bits per heavy atom. The molecule has 0 spiro atoms. The fourth-order valence-electron chi connectivity index (χ4n) is 1.56. The summed E-state index contributed by atoms with van der Waals surface area (Å²) < 4.78 is 2.23. The molecule has 2 aromatic rings. The average molecular weight is 361 g/mol. The monoisotopic (exact) mass is 359 g/mol. The van der Waals surface area contributed by atoms with Crippen LogP contribution in [0.2, 0.25) is 0 Å². The van der Waals surface area contributed by atoms with Crippen LogP contribution in [0.25, 0.3) is 0 Å². The quantitative estimate of drug-likeness (QED) is 0.855. The van der Waals surface area contributed by atoms with Gasteiger partial charge in [-0.2, -0.15) is 0 Å². The average Bonchev–Trinajstić information content (AvgIpc) is 2.68. The first-order valence-electron chi connectivity index (χ1n) is 4.90. The molecule has 84 valence electrons. The third kappa shape index (κ3) is 2.74. The van der Waals surface area contributed by atoms with Crippen LogP contribution in [0.1, 0.15) is 16.5 Å². The SMILES string of the molecule is NC(Cc1ccccc1Br)c1sccc1Br. The molecule has 0 saturated heterocycles. The van der Waals surface area contributed by atoms with Gasteiger partial charge in [0.05, 0.1) is 0 Å². The number of benzene rings is 1. The molecule has 1 atom stereocenters. The highest BCUT2D eigenvalue weighted by Gasteiger charge is 2.13. The van der Waals surface area contributed by atoms with Gasteiger partial charge in [-0.3, -0.25) is 0 Å². The summed E-state index contributed by atoms with van der Waals surface area (Å²) in [6.07, 6.45) is 0.848. The Kier molecular flexibility index (Phi) is 4.19. The Bertz CT molecular complexity index is 481. The maximum absolute atomic E-state index is 6.20. The lowest BCUT2D eigenvalue weighted by Crippen LogP contribution is -2.12. The van der Waals surface area contributed by atoms with E-state index in [4.69, 9.17) is 5.73 Å². The Balaban J connectivity index is 2.17. The number of hydrogen-bond acceptors (Lipinski definition) is 2. The molecule has 1 aromatic carbocycles. The summed E-state index contributed by atoms with van der Waals surface area (Å²) in [5.74, 6) is 0. The molecule has 0 fully saturated rings. The molecule has 1 heterocycles. The highest BCUT2D eigenvalue weighted by Crippen LogP contribution is 2.30. The first-order chi connectivity index (χ1) is 7.68. The van der Waals surface area contributed by atoms with Gasteiger partial charge in [0, 0.05) is 19.9 Å². The van der Waals surface area contributed by atoms with Gasteiger partial charge in [0.2, 0.25) is 0 Å². The van der Waals surface area contributed by atoms with Gasteiger partial charge in [0.15, 0.2) is 0 Å². The Hall–Kier alpha value is -0.160. The summed E-state index contributed by atoms with van der Waals surface area (Å²) >= 11 is 8.76. The highest BCUT2D eigenvalue weighted by molar-refractivity contribution is 9.10. The standard InChI is InChI=1S/C12H11Br2NS/c13-9-4-2-1-3-8(9)7-11(15)12-10(14)5-6-16-12/h1-6,11H,7,15H2. The van der Waals surface area contributed by atoms with Crippen LogP contribution in [0, 0.1) is 0 Å². The van der Waals surface area contributed by atoms with E-state index in [-0.39, 0.29) is 6.04 Å². The molecule has 4 heteroatoms. The molecule has 1 unspecified atom stereocenters. The Morgan fingerprint density at radius 2 is 1.88 bits per heavy atom. The molecule has 0 bridgehead atoms. The van der Waals surface area contributed by atoms with E-state index >= 15 is 0 Å². The lowest BCUT2D eigenvalue weighted by atomic mass is 10.1. The molecule has 0 aliphatic rings. The molecule has 0 radical (unpaired) electrons. The highest BCUT2D eigenvalue weighted by atomic mass is 79.9. The molecule has 0 amide bonds. The molecule has 2 rings (SSSR count). The van der Waals surface area contributed by atoms with Gasteiger partial charge in [-0.25, -0.2) is 0 Å². The smallest absolute Gasteiger partial charge is 0.0442 e. The number of nitrogens with two attached hydrogens (primary N) is 1. The largest absolute Gasteiger partial charge is 0.323 e. The van der Waals surface area contributed by atoms with Gasteiger partial charge in [-0.15, -0.1) is 11.3 Å².